The van der Waals surface area contributed by atoms with Crippen LogP contribution in [0.25, 0.3) is 6.08 Å². The molecule has 0 spiro atoms. The van der Waals surface area contributed by atoms with E-state index in [0.29, 0.717) is 16.8 Å². The first-order valence-electron chi connectivity index (χ1n) is 8.90. The third kappa shape index (κ3) is 5.99. The summed E-state index contributed by atoms with van der Waals surface area (Å²) in [6.45, 7) is 0. The number of anilines is 2. The highest BCUT2D eigenvalue weighted by molar-refractivity contribution is 8.00. The molecule has 0 heterocycles. The molecule has 3 rings (SSSR count). The van der Waals surface area contributed by atoms with Crippen LogP contribution in [-0.2, 0) is 4.79 Å². The van der Waals surface area contributed by atoms with Gasteiger partial charge in [-0.25, -0.2) is 4.79 Å². The van der Waals surface area contributed by atoms with Gasteiger partial charge in [0.1, 0.15) is 0 Å². The molecular weight excluding hydrogens is 384 g/mol. The van der Waals surface area contributed by atoms with Gasteiger partial charge in [0.2, 0.25) is 0 Å². The maximum Gasteiger partial charge on any atom is 0.328 e. The van der Waals surface area contributed by atoms with Gasteiger partial charge in [0, 0.05) is 35.0 Å². The Bertz CT molecular complexity index is 1000. The van der Waals surface area contributed by atoms with Crippen LogP contribution in [0.4, 0.5) is 11.4 Å². The average Bonchev–Trinajstić information content (AvgIpc) is 2.74. The van der Waals surface area contributed by atoms with Gasteiger partial charge in [-0.1, -0.05) is 30.3 Å². The smallest absolute Gasteiger partial charge is 0.328 e. The van der Waals surface area contributed by atoms with Gasteiger partial charge in [0.25, 0.3) is 5.91 Å². The molecule has 2 N–H and O–H groups in total. The van der Waals surface area contributed by atoms with Crippen molar-refractivity contribution in [3.05, 3.63) is 96.1 Å². The molecule has 1 amide bonds. The molecule has 0 aromatic heterocycles. The van der Waals surface area contributed by atoms with Gasteiger partial charge in [-0.3, -0.25) is 4.79 Å². The van der Waals surface area contributed by atoms with Crippen LogP contribution < -0.4 is 9.62 Å². The second-order valence-electron chi connectivity index (χ2n) is 6.20. The quantitative estimate of drug-likeness (QED) is 0.419. The second-order valence-corrected chi connectivity index (χ2v) is 7.40. The van der Waals surface area contributed by atoms with E-state index in [1.807, 2.05) is 61.6 Å². The van der Waals surface area contributed by atoms with E-state index in [1.165, 1.54) is 6.08 Å². The summed E-state index contributed by atoms with van der Waals surface area (Å²) < 4.78 is 2.08. The number of nitrogens with zero attached hydrogens (tertiary/aromatic N) is 1. The largest absolute Gasteiger partial charge is 0.478 e. The Kier molecular flexibility index (Phi) is 6.71. The lowest BCUT2D eigenvalue weighted by molar-refractivity contribution is -0.131. The molecule has 29 heavy (non-hydrogen) atoms. The Labute approximate surface area is 173 Å². The van der Waals surface area contributed by atoms with Crippen molar-refractivity contribution in [1.82, 2.24) is 0 Å². The Balaban J connectivity index is 1.59. The fourth-order valence-electron chi connectivity index (χ4n) is 2.56. The number of benzene rings is 3. The summed E-state index contributed by atoms with van der Waals surface area (Å²) in [6, 6.07) is 24.5. The maximum atomic E-state index is 12.4. The molecule has 3 aromatic carbocycles. The van der Waals surface area contributed by atoms with Gasteiger partial charge in [-0.2, -0.15) is 0 Å². The first-order chi connectivity index (χ1) is 14.0. The molecule has 0 unspecified atom stereocenters. The highest BCUT2D eigenvalue weighted by Gasteiger charge is 2.07. The van der Waals surface area contributed by atoms with Crippen LogP contribution in [0.15, 0.2) is 89.8 Å². The number of hydrogen-bond acceptors (Lipinski definition) is 4. The molecule has 0 aliphatic heterocycles. The fraction of sp³-hybridized carbons (Fsp3) is 0.0435. The normalized spacial score (nSPS) is 10.7. The van der Waals surface area contributed by atoms with E-state index >= 15 is 0 Å². The van der Waals surface area contributed by atoms with Crippen LogP contribution in [0.2, 0.25) is 0 Å². The van der Waals surface area contributed by atoms with Gasteiger partial charge in [-0.15, -0.1) is 0 Å². The number of carboxylic acids is 1. The molecule has 146 valence electrons. The van der Waals surface area contributed by atoms with Crippen LogP contribution in [0.1, 0.15) is 15.9 Å². The Hall–Kier alpha value is -3.51. The van der Waals surface area contributed by atoms with Gasteiger partial charge in [0.05, 0.1) is 0 Å². The van der Waals surface area contributed by atoms with E-state index in [9.17, 15) is 9.59 Å². The number of carbonyl (C=O) groups is 2. The van der Waals surface area contributed by atoms with E-state index in [4.69, 9.17) is 5.11 Å². The highest BCUT2D eigenvalue weighted by atomic mass is 32.2. The summed E-state index contributed by atoms with van der Waals surface area (Å²) in [4.78, 5) is 24.0. The molecule has 3 aromatic rings. The van der Waals surface area contributed by atoms with Crippen LogP contribution in [0.3, 0.4) is 0 Å². The molecule has 0 fully saturated rings. The third-order valence-corrected chi connectivity index (χ3v) is 5.03. The van der Waals surface area contributed by atoms with Gasteiger partial charge in [-0.05, 0) is 72.1 Å². The van der Waals surface area contributed by atoms with E-state index < -0.39 is 5.97 Å². The lowest BCUT2D eigenvalue weighted by atomic mass is 10.1. The number of nitrogens with one attached hydrogen (secondary N) is 1. The average molecular weight is 404 g/mol. The summed E-state index contributed by atoms with van der Waals surface area (Å²) >= 11 is 1.60. The summed E-state index contributed by atoms with van der Waals surface area (Å²) in [5.74, 6) is -1.23. The van der Waals surface area contributed by atoms with E-state index in [2.05, 4.69) is 9.62 Å². The molecule has 0 aliphatic rings. The van der Waals surface area contributed by atoms with E-state index in [0.717, 1.165) is 16.7 Å². The maximum absolute atomic E-state index is 12.4. The first kappa shape index (κ1) is 20.2. The first-order valence-corrected chi connectivity index (χ1v) is 9.68. The minimum absolute atomic E-state index is 0.222. The Morgan fingerprint density at radius 3 is 2.21 bits per heavy atom. The number of rotatable bonds is 7. The lowest BCUT2D eigenvalue weighted by Gasteiger charge is -2.17. The van der Waals surface area contributed by atoms with E-state index in [1.54, 1.807) is 36.2 Å². The molecule has 0 saturated heterocycles. The van der Waals surface area contributed by atoms with Crippen LogP contribution >= 0.6 is 11.9 Å². The number of carbonyl (C=O) groups excluding carboxylic acids is 1. The van der Waals surface area contributed by atoms with E-state index in [-0.39, 0.29) is 5.91 Å². The lowest BCUT2D eigenvalue weighted by Crippen LogP contribution is -2.11. The molecule has 0 saturated carbocycles. The van der Waals surface area contributed by atoms with Gasteiger partial charge >= 0.3 is 5.97 Å². The van der Waals surface area contributed by atoms with Crippen molar-refractivity contribution in [2.24, 2.45) is 0 Å². The molecule has 5 nitrogen and oxygen atoms in total. The van der Waals surface area contributed by atoms with Crippen molar-refractivity contribution in [2.45, 2.75) is 4.90 Å². The number of para-hydroxylation sites is 1. The third-order valence-electron chi connectivity index (χ3n) is 4.07. The van der Waals surface area contributed by atoms with Crippen molar-refractivity contribution in [1.29, 1.82) is 0 Å². The summed E-state index contributed by atoms with van der Waals surface area (Å²) in [5, 5.41) is 11.5. The van der Waals surface area contributed by atoms with Crippen LogP contribution in [0.5, 0.6) is 0 Å². The zero-order valence-corrected chi connectivity index (χ0v) is 16.6. The standard InChI is InChI=1S/C23H20N2O3S/c1-25(20-5-3-2-4-6-20)29-21-14-12-19(13-15-21)24-23(28)18-10-7-17(8-11-18)9-16-22(26)27/h2-16H,1H3,(H,24,28)(H,26,27)/b16-9+. The topological polar surface area (TPSA) is 69.6 Å². The van der Waals surface area contributed by atoms with Crippen molar-refractivity contribution in [3.8, 4) is 0 Å². The number of hydrogen-bond donors (Lipinski definition) is 2. The minimum Gasteiger partial charge on any atom is -0.478 e. The number of amides is 1. The van der Waals surface area contributed by atoms with Crippen LogP contribution in [0, 0.1) is 0 Å². The molecule has 0 radical (unpaired) electrons. The van der Waals surface area contributed by atoms with Crippen molar-refractivity contribution >= 4 is 41.3 Å². The summed E-state index contributed by atoms with van der Waals surface area (Å²) in [6.07, 6.45) is 2.54. The summed E-state index contributed by atoms with van der Waals surface area (Å²) in [5.41, 5.74) is 3.03. The molecule has 6 heteroatoms. The number of carboxylic acid groups (broad SMARTS) is 1. The predicted octanol–water partition coefficient (Wildman–Crippen LogP) is 5.18. The molecule has 0 atom stereocenters. The monoisotopic (exact) mass is 404 g/mol. The van der Waals surface area contributed by atoms with Crippen molar-refractivity contribution in [2.75, 3.05) is 16.7 Å². The van der Waals surface area contributed by atoms with Crippen LogP contribution in [-0.4, -0.2) is 24.0 Å². The van der Waals surface area contributed by atoms with Crippen molar-refractivity contribution in [3.63, 3.8) is 0 Å². The van der Waals surface area contributed by atoms with Gasteiger partial charge < -0.3 is 14.7 Å². The Morgan fingerprint density at radius 1 is 0.931 bits per heavy atom. The predicted molar refractivity (Wildman–Crippen MR) is 118 cm³/mol. The molecule has 0 bridgehead atoms. The second kappa shape index (κ2) is 9.61. The Morgan fingerprint density at radius 2 is 1.59 bits per heavy atom. The zero-order chi connectivity index (χ0) is 20.6. The summed E-state index contributed by atoms with van der Waals surface area (Å²) in [7, 11) is 2.00. The SMILES string of the molecule is CN(Sc1ccc(NC(=O)c2ccc(/C=C/C(=O)O)cc2)cc1)c1ccccc1. The molecule has 0 aliphatic carbocycles. The number of aliphatic carboxylic acids is 1. The highest BCUT2D eigenvalue weighted by Crippen LogP contribution is 2.27. The molecular formula is C23H20N2O3S. The fourth-order valence-corrected chi connectivity index (χ4v) is 3.37. The van der Waals surface area contributed by atoms with Gasteiger partial charge in [0.15, 0.2) is 0 Å². The van der Waals surface area contributed by atoms with Crippen molar-refractivity contribution < 1.29 is 14.7 Å². The zero-order valence-electron chi connectivity index (χ0n) is 15.8. The minimum atomic E-state index is -1.01.